The van der Waals surface area contributed by atoms with E-state index in [9.17, 15) is 19.3 Å². The summed E-state index contributed by atoms with van der Waals surface area (Å²) in [5.74, 6) is -1.54. The summed E-state index contributed by atoms with van der Waals surface area (Å²) in [7, 11) is -11.7. The SMILES string of the molecule is CC(O)COC(=O)C(C)C[Si](C)(O[Si](C)(C)C)O[Si](C)(CC(C)C(=O)Oc1ccc(-c2ccc(P(=O)=S=S)cc2)cc1)O[SiH](C)O[Si](C)(C)C. The van der Waals surface area contributed by atoms with Crippen LogP contribution in [0.5, 0.6) is 5.75 Å². The Balaban J connectivity index is 2.31. The number of rotatable bonds is 19. The van der Waals surface area contributed by atoms with Gasteiger partial charge in [-0.15, -0.1) is 0 Å². The number of aliphatic hydroxyl groups excluding tert-OH is 1. The van der Waals surface area contributed by atoms with Gasteiger partial charge in [-0.3, -0.25) is 14.2 Å². The minimum absolute atomic E-state index is 0.0853. The fraction of sp³-hybridized carbons (Fsp3) is 0.562. The number of benzene rings is 2. The van der Waals surface area contributed by atoms with Crippen molar-refractivity contribution in [1.29, 1.82) is 0 Å². The standard InChI is InChI=1S/C32H55O10PS2Si5/c1-24(31(34)37-21-26(3)33)23-50(12,41-48(8,9)10)42-49(11,40-46(4)39-47(5,6)7)22-25(2)32(35)38-29-17-13-27(14-18-29)28-15-19-30(20-16-28)43(36)45-44/h13-20,24-26,33,46H,21-23H2,1-12H3. The van der Waals surface area contributed by atoms with Gasteiger partial charge in [0, 0.05) is 17.4 Å². The normalized spacial score (nSPS) is 17.3. The van der Waals surface area contributed by atoms with Crippen LogP contribution in [0.15, 0.2) is 48.5 Å². The molecule has 0 aliphatic rings. The lowest BCUT2D eigenvalue weighted by atomic mass is 10.1. The van der Waals surface area contributed by atoms with Gasteiger partial charge in [-0.1, -0.05) is 38.1 Å². The summed E-state index contributed by atoms with van der Waals surface area (Å²) in [6.07, 6.45) is -0.765. The fourth-order valence-corrected chi connectivity index (χ4v) is 28.8. The zero-order valence-electron chi connectivity index (χ0n) is 31.4. The largest absolute Gasteiger partial charge is 0.463 e. The van der Waals surface area contributed by atoms with Crippen LogP contribution < -0.4 is 10.0 Å². The van der Waals surface area contributed by atoms with E-state index < -0.39 is 79.5 Å². The van der Waals surface area contributed by atoms with Gasteiger partial charge in [0.15, 0.2) is 23.2 Å². The minimum Gasteiger partial charge on any atom is -0.463 e. The fourth-order valence-electron chi connectivity index (χ4n) is 5.57. The molecule has 0 spiro atoms. The molecule has 2 rings (SSSR count). The quantitative estimate of drug-likeness (QED) is 0.0675. The number of ether oxygens (including phenoxy) is 2. The van der Waals surface area contributed by atoms with E-state index in [-0.39, 0.29) is 6.61 Å². The number of carbonyl (C=O) groups excluding carboxylic acids is 2. The monoisotopic (exact) mass is 834 g/mol. The molecule has 18 heteroatoms. The van der Waals surface area contributed by atoms with Gasteiger partial charge in [0.25, 0.3) is 9.28 Å². The maximum Gasteiger partial charge on any atom is 0.318 e. The Morgan fingerprint density at radius 2 is 1.28 bits per heavy atom. The maximum absolute atomic E-state index is 13.5. The van der Waals surface area contributed by atoms with Crippen LogP contribution in [0, 0.1) is 11.8 Å². The molecule has 0 fully saturated rings. The minimum atomic E-state index is -3.20. The van der Waals surface area contributed by atoms with Crippen LogP contribution in [0.1, 0.15) is 20.8 Å². The molecule has 1 N–H and O–H groups in total. The van der Waals surface area contributed by atoms with Crippen LogP contribution in [0.3, 0.4) is 0 Å². The van der Waals surface area contributed by atoms with E-state index in [4.69, 9.17) is 37.1 Å². The molecule has 0 heterocycles. The average Bonchev–Trinajstić information content (AvgIpc) is 2.97. The van der Waals surface area contributed by atoms with Gasteiger partial charge in [-0.2, -0.15) is 0 Å². The second kappa shape index (κ2) is 19.2. The smallest absolute Gasteiger partial charge is 0.318 e. The zero-order chi connectivity index (χ0) is 38.1. The Kier molecular flexibility index (Phi) is 17.3. The predicted molar refractivity (Wildman–Crippen MR) is 217 cm³/mol. The summed E-state index contributed by atoms with van der Waals surface area (Å²) in [4.78, 5) is 26.4. The molecule has 280 valence electrons. The molecule has 0 aliphatic heterocycles. The molecule has 0 saturated carbocycles. The van der Waals surface area contributed by atoms with Crippen molar-refractivity contribution in [1.82, 2.24) is 0 Å². The first-order chi connectivity index (χ1) is 22.9. The van der Waals surface area contributed by atoms with Crippen molar-refractivity contribution < 1.29 is 45.2 Å². The summed E-state index contributed by atoms with van der Waals surface area (Å²) < 4.78 is 50.1. The lowest BCUT2D eigenvalue weighted by Gasteiger charge is -2.43. The molecule has 0 amide bonds. The van der Waals surface area contributed by atoms with Crippen molar-refractivity contribution in [2.75, 3.05) is 6.61 Å². The third kappa shape index (κ3) is 16.2. The highest BCUT2D eigenvalue weighted by atomic mass is 32.9. The molecule has 50 heavy (non-hydrogen) atoms. The van der Waals surface area contributed by atoms with Gasteiger partial charge in [0.05, 0.1) is 17.9 Å². The lowest BCUT2D eigenvalue weighted by molar-refractivity contribution is -0.150. The van der Waals surface area contributed by atoms with Gasteiger partial charge in [0.2, 0.25) is 0 Å². The van der Waals surface area contributed by atoms with E-state index in [0.717, 1.165) is 20.6 Å². The van der Waals surface area contributed by atoms with E-state index in [2.05, 4.69) is 39.3 Å². The molecule has 0 radical (unpaired) electrons. The van der Waals surface area contributed by atoms with Crippen LogP contribution in [0.25, 0.3) is 11.1 Å². The highest BCUT2D eigenvalue weighted by molar-refractivity contribution is 8.34. The third-order valence-electron chi connectivity index (χ3n) is 7.07. The van der Waals surface area contributed by atoms with Gasteiger partial charge >= 0.3 is 29.1 Å². The van der Waals surface area contributed by atoms with Gasteiger partial charge in [-0.05, 0) is 122 Å². The molecule has 2 aromatic carbocycles. The molecular weight excluding hydrogens is 780 g/mol. The average molecular weight is 835 g/mol. The van der Waals surface area contributed by atoms with Crippen molar-refractivity contribution in [2.24, 2.45) is 11.8 Å². The molecule has 10 nitrogen and oxygen atoms in total. The topological polar surface area (TPSA) is 127 Å². The van der Waals surface area contributed by atoms with Crippen LogP contribution >= 0.6 is 6.58 Å². The van der Waals surface area contributed by atoms with E-state index in [1.807, 2.05) is 50.8 Å². The Bertz CT molecular complexity index is 1540. The van der Waals surface area contributed by atoms with Crippen molar-refractivity contribution >= 4 is 87.5 Å². The molecule has 7 atom stereocenters. The molecule has 0 aromatic heterocycles. The molecule has 0 bridgehead atoms. The maximum atomic E-state index is 13.5. The van der Waals surface area contributed by atoms with Crippen molar-refractivity contribution in [3.63, 3.8) is 0 Å². The Morgan fingerprint density at radius 3 is 1.76 bits per heavy atom. The van der Waals surface area contributed by atoms with Crippen LogP contribution in [0.4, 0.5) is 0 Å². The van der Waals surface area contributed by atoms with Crippen molar-refractivity contribution in [2.45, 2.75) is 97.9 Å². The number of hydrogen-bond donors (Lipinski definition) is 1. The first-order valence-electron chi connectivity index (χ1n) is 16.7. The second-order valence-electron chi connectivity index (χ2n) is 15.0. The Labute approximate surface area is 312 Å². The van der Waals surface area contributed by atoms with E-state index in [0.29, 0.717) is 23.1 Å². The van der Waals surface area contributed by atoms with E-state index in [1.165, 1.54) is 0 Å². The number of aliphatic hydroxyl groups is 1. The van der Waals surface area contributed by atoms with Crippen LogP contribution in [-0.2, 0) is 56.0 Å². The van der Waals surface area contributed by atoms with Gasteiger partial charge in [0.1, 0.15) is 12.4 Å². The first-order valence-corrected chi connectivity index (χ1v) is 34.3. The summed E-state index contributed by atoms with van der Waals surface area (Å²) >= 11 is 4.85. The first kappa shape index (κ1) is 45.0. The van der Waals surface area contributed by atoms with Crippen LogP contribution in [-0.4, -0.2) is 72.8 Å². The predicted octanol–water partition coefficient (Wildman–Crippen LogP) is 7.10. The molecule has 7 unspecified atom stereocenters. The number of hydrogen-bond acceptors (Lipinski definition) is 11. The van der Waals surface area contributed by atoms with Crippen LogP contribution in [0.2, 0.25) is 71.0 Å². The van der Waals surface area contributed by atoms with Gasteiger partial charge < -0.3 is 31.0 Å². The van der Waals surface area contributed by atoms with Crippen molar-refractivity contribution in [3.05, 3.63) is 48.5 Å². The van der Waals surface area contributed by atoms with Crippen molar-refractivity contribution in [3.8, 4) is 16.9 Å². The molecular formula is C32H55O10PS2Si5. The van der Waals surface area contributed by atoms with E-state index >= 15 is 0 Å². The molecule has 0 saturated heterocycles. The summed E-state index contributed by atoms with van der Waals surface area (Å²) in [6, 6.07) is 15.2. The Morgan fingerprint density at radius 1 is 0.780 bits per heavy atom. The zero-order valence-corrected chi connectivity index (χ0v) is 39.1. The second-order valence-corrected chi connectivity index (χ2v) is 37.4. The lowest BCUT2D eigenvalue weighted by Crippen LogP contribution is -2.59. The molecule has 0 aliphatic carbocycles. The van der Waals surface area contributed by atoms with Gasteiger partial charge in [-0.25, -0.2) is 0 Å². The highest BCUT2D eigenvalue weighted by Crippen LogP contribution is 2.33. The summed E-state index contributed by atoms with van der Waals surface area (Å²) in [5.41, 5.74) is 1.86. The summed E-state index contributed by atoms with van der Waals surface area (Å²) in [5, 5.41) is 10.3. The summed E-state index contributed by atoms with van der Waals surface area (Å²) in [6.45, 7) is 21.9. The Hall–Kier alpha value is -1.20. The number of carbonyl (C=O) groups is 2. The van der Waals surface area contributed by atoms with E-state index in [1.54, 1.807) is 38.1 Å². The highest BCUT2D eigenvalue weighted by Gasteiger charge is 2.49. The number of esters is 2. The molecule has 2 aromatic rings. The third-order valence-corrected chi connectivity index (χ3v) is 28.0.